The van der Waals surface area contributed by atoms with Gasteiger partial charge in [0.05, 0.1) is 23.0 Å². The van der Waals surface area contributed by atoms with Crippen molar-refractivity contribution in [3.63, 3.8) is 0 Å². The Labute approximate surface area is 132 Å². The van der Waals surface area contributed by atoms with E-state index in [-0.39, 0.29) is 5.78 Å². The first-order valence-electron chi connectivity index (χ1n) is 7.17. The lowest BCUT2D eigenvalue weighted by Gasteiger charge is -2.10. The number of benzene rings is 1. The van der Waals surface area contributed by atoms with Crippen molar-refractivity contribution in [2.45, 2.75) is 0 Å². The number of fused-ring (bicyclic) bond motifs is 1. The van der Waals surface area contributed by atoms with Crippen LogP contribution in [0.5, 0.6) is 0 Å². The molecule has 0 unspecified atom stereocenters. The van der Waals surface area contributed by atoms with Crippen LogP contribution in [0.25, 0.3) is 22.2 Å². The van der Waals surface area contributed by atoms with Crippen LogP contribution in [-0.2, 0) is 0 Å². The molecule has 0 aliphatic rings. The fraction of sp³-hybridized carbons (Fsp3) is 0. The number of pyridine rings is 2. The van der Waals surface area contributed by atoms with Crippen molar-refractivity contribution in [1.82, 2.24) is 20.2 Å². The molecule has 1 aromatic carbocycles. The zero-order chi connectivity index (χ0) is 15.6. The third-order valence-electron chi connectivity index (χ3n) is 3.70. The molecule has 3 heterocycles. The Morgan fingerprint density at radius 2 is 1.83 bits per heavy atom. The molecule has 0 spiro atoms. The average molecular weight is 300 g/mol. The number of carbonyl (C=O) groups is 1. The second-order valence-corrected chi connectivity index (χ2v) is 5.10. The van der Waals surface area contributed by atoms with E-state index in [1.54, 1.807) is 18.6 Å². The Balaban J connectivity index is 2.04. The Hall–Kier alpha value is -3.34. The second kappa shape index (κ2) is 5.46. The smallest absolute Gasteiger partial charge is 0.197 e. The number of ketones is 1. The van der Waals surface area contributed by atoms with E-state index >= 15 is 0 Å². The van der Waals surface area contributed by atoms with E-state index in [0.717, 1.165) is 22.2 Å². The predicted octanol–water partition coefficient (Wildman–Crippen LogP) is 3.25. The van der Waals surface area contributed by atoms with Crippen LogP contribution < -0.4 is 0 Å². The third-order valence-corrected chi connectivity index (χ3v) is 3.70. The van der Waals surface area contributed by atoms with Crippen molar-refractivity contribution in [3.8, 4) is 11.3 Å². The van der Waals surface area contributed by atoms with Crippen LogP contribution in [0.15, 0.2) is 67.3 Å². The summed E-state index contributed by atoms with van der Waals surface area (Å²) in [6.45, 7) is 0. The molecule has 0 bridgehead atoms. The van der Waals surface area contributed by atoms with Gasteiger partial charge in [0, 0.05) is 35.1 Å². The molecule has 4 aromatic rings. The first kappa shape index (κ1) is 13.3. The maximum atomic E-state index is 13.0. The van der Waals surface area contributed by atoms with E-state index in [0.29, 0.717) is 11.1 Å². The molecule has 23 heavy (non-hydrogen) atoms. The zero-order valence-corrected chi connectivity index (χ0v) is 12.1. The van der Waals surface area contributed by atoms with Crippen molar-refractivity contribution in [3.05, 3.63) is 78.4 Å². The summed E-state index contributed by atoms with van der Waals surface area (Å²) in [4.78, 5) is 21.8. The number of aromatic nitrogens is 4. The summed E-state index contributed by atoms with van der Waals surface area (Å²) in [5.74, 6) is -0.0991. The molecule has 0 aliphatic carbocycles. The van der Waals surface area contributed by atoms with Gasteiger partial charge in [0.25, 0.3) is 0 Å². The minimum absolute atomic E-state index is 0.0991. The first-order valence-corrected chi connectivity index (χ1v) is 7.17. The van der Waals surface area contributed by atoms with Crippen molar-refractivity contribution < 1.29 is 4.79 Å². The van der Waals surface area contributed by atoms with Gasteiger partial charge in [-0.1, -0.05) is 24.3 Å². The zero-order valence-electron chi connectivity index (χ0n) is 12.1. The maximum absolute atomic E-state index is 13.0. The van der Waals surface area contributed by atoms with Gasteiger partial charge in [0.1, 0.15) is 0 Å². The number of nitrogens with zero attached hydrogens (tertiary/aromatic N) is 3. The summed E-state index contributed by atoms with van der Waals surface area (Å²) in [7, 11) is 0. The molecular formula is C18H12N4O. The fourth-order valence-corrected chi connectivity index (χ4v) is 2.62. The van der Waals surface area contributed by atoms with Gasteiger partial charge in [-0.15, -0.1) is 0 Å². The minimum Gasteiger partial charge on any atom is -0.288 e. The Morgan fingerprint density at radius 1 is 0.957 bits per heavy atom. The highest BCUT2D eigenvalue weighted by Crippen LogP contribution is 2.29. The quantitative estimate of drug-likeness (QED) is 0.589. The maximum Gasteiger partial charge on any atom is 0.197 e. The van der Waals surface area contributed by atoms with E-state index in [2.05, 4.69) is 20.2 Å². The van der Waals surface area contributed by atoms with Crippen LogP contribution >= 0.6 is 0 Å². The molecule has 0 saturated heterocycles. The molecular weight excluding hydrogens is 288 g/mol. The van der Waals surface area contributed by atoms with Crippen LogP contribution in [0.2, 0.25) is 0 Å². The van der Waals surface area contributed by atoms with E-state index in [4.69, 9.17) is 0 Å². The Morgan fingerprint density at radius 3 is 2.61 bits per heavy atom. The molecule has 0 fully saturated rings. The average Bonchev–Trinajstić information content (AvgIpc) is 3.15. The SMILES string of the molecule is O=C(c1cn[nH]c1)c1c(-c2ccccn2)cnc2ccccc12. The molecule has 4 rings (SSSR count). The van der Waals surface area contributed by atoms with Gasteiger partial charge < -0.3 is 0 Å². The number of nitrogens with one attached hydrogen (secondary N) is 1. The van der Waals surface area contributed by atoms with Crippen molar-refractivity contribution in [2.75, 3.05) is 0 Å². The van der Waals surface area contributed by atoms with Crippen molar-refractivity contribution >= 4 is 16.7 Å². The van der Waals surface area contributed by atoms with Gasteiger partial charge in [-0.05, 0) is 18.2 Å². The number of carbonyl (C=O) groups excluding carboxylic acids is 1. The van der Waals surface area contributed by atoms with E-state index in [9.17, 15) is 4.79 Å². The number of aromatic amines is 1. The highest BCUT2D eigenvalue weighted by molar-refractivity contribution is 6.19. The number of rotatable bonds is 3. The third kappa shape index (κ3) is 2.28. The van der Waals surface area contributed by atoms with Crippen LogP contribution in [0.1, 0.15) is 15.9 Å². The second-order valence-electron chi connectivity index (χ2n) is 5.10. The summed E-state index contributed by atoms with van der Waals surface area (Å²) in [6, 6.07) is 13.2. The standard InChI is InChI=1S/C18H12N4O/c23-18(12-9-21-22-10-12)17-13-5-1-2-6-15(13)20-11-14(17)16-7-3-4-8-19-16/h1-11H,(H,21,22). The predicted molar refractivity (Wildman–Crippen MR) is 87.0 cm³/mol. The minimum atomic E-state index is -0.0991. The number of para-hydroxylation sites is 1. The summed E-state index contributed by atoms with van der Waals surface area (Å²) in [6.07, 6.45) is 6.54. The van der Waals surface area contributed by atoms with Gasteiger partial charge >= 0.3 is 0 Å². The molecule has 0 atom stereocenters. The van der Waals surface area contributed by atoms with Gasteiger partial charge in [0.2, 0.25) is 0 Å². The number of H-pyrrole nitrogens is 1. The summed E-state index contributed by atoms with van der Waals surface area (Å²) in [5.41, 5.74) is 3.32. The molecule has 1 N–H and O–H groups in total. The van der Waals surface area contributed by atoms with Crippen molar-refractivity contribution in [2.24, 2.45) is 0 Å². The van der Waals surface area contributed by atoms with Gasteiger partial charge in [-0.3, -0.25) is 19.9 Å². The topological polar surface area (TPSA) is 71.5 Å². The molecule has 0 saturated carbocycles. The van der Waals surface area contributed by atoms with E-state index in [1.165, 1.54) is 6.20 Å². The largest absolute Gasteiger partial charge is 0.288 e. The van der Waals surface area contributed by atoms with Crippen LogP contribution in [0, 0.1) is 0 Å². The molecule has 3 aromatic heterocycles. The highest BCUT2D eigenvalue weighted by Gasteiger charge is 2.20. The molecule has 5 heteroatoms. The van der Waals surface area contributed by atoms with Crippen LogP contribution in [0.3, 0.4) is 0 Å². The monoisotopic (exact) mass is 300 g/mol. The first-order chi connectivity index (χ1) is 11.3. The molecule has 110 valence electrons. The van der Waals surface area contributed by atoms with E-state index in [1.807, 2.05) is 42.5 Å². The molecule has 0 aliphatic heterocycles. The van der Waals surface area contributed by atoms with Crippen molar-refractivity contribution in [1.29, 1.82) is 0 Å². The Kier molecular flexibility index (Phi) is 3.16. The van der Waals surface area contributed by atoms with Crippen LogP contribution in [0.4, 0.5) is 0 Å². The highest BCUT2D eigenvalue weighted by atomic mass is 16.1. The molecule has 0 amide bonds. The normalized spacial score (nSPS) is 10.8. The summed E-state index contributed by atoms with van der Waals surface area (Å²) in [5, 5.41) is 7.37. The number of hydrogen-bond acceptors (Lipinski definition) is 4. The summed E-state index contributed by atoms with van der Waals surface area (Å²) < 4.78 is 0. The lowest BCUT2D eigenvalue weighted by atomic mass is 9.95. The Bertz CT molecular complexity index is 979. The number of hydrogen-bond donors (Lipinski definition) is 1. The lowest BCUT2D eigenvalue weighted by molar-refractivity contribution is 0.104. The summed E-state index contributed by atoms with van der Waals surface area (Å²) >= 11 is 0. The van der Waals surface area contributed by atoms with Gasteiger partial charge in [0.15, 0.2) is 5.78 Å². The molecule has 0 radical (unpaired) electrons. The molecule has 5 nitrogen and oxygen atoms in total. The van der Waals surface area contributed by atoms with Gasteiger partial charge in [-0.25, -0.2) is 0 Å². The van der Waals surface area contributed by atoms with Gasteiger partial charge in [-0.2, -0.15) is 5.10 Å². The fourth-order valence-electron chi connectivity index (χ4n) is 2.62. The van der Waals surface area contributed by atoms with Crippen LogP contribution in [-0.4, -0.2) is 25.9 Å². The lowest BCUT2D eigenvalue weighted by Crippen LogP contribution is -2.05. The van der Waals surface area contributed by atoms with E-state index < -0.39 is 0 Å².